The number of amides is 1. The zero-order valence-electron chi connectivity index (χ0n) is 14.5. The molecule has 1 aliphatic carbocycles. The van der Waals surface area contributed by atoms with Crippen LogP contribution in [0.4, 0.5) is 5.82 Å². The smallest absolute Gasteiger partial charge is 0.270 e. The van der Waals surface area contributed by atoms with Crippen LogP contribution in [0.25, 0.3) is 10.8 Å². The number of nitrogens with one attached hydrogen (secondary N) is 1. The Morgan fingerprint density at radius 1 is 1.00 bits per heavy atom. The number of aromatic nitrogens is 1. The maximum Gasteiger partial charge on any atom is 0.270 e. The quantitative estimate of drug-likeness (QED) is 0.792. The number of hydrogen-bond acceptors (Lipinski definition) is 3. The minimum Gasteiger partial charge on any atom is -0.363 e. The summed E-state index contributed by atoms with van der Waals surface area (Å²) in [4.78, 5) is 19.1. The van der Waals surface area contributed by atoms with Gasteiger partial charge in [-0.3, -0.25) is 4.79 Å². The van der Waals surface area contributed by atoms with Crippen LogP contribution < -0.4 is 10.2 Å². The minimum absolute atomic E-state index is 0.117. The second-order valence-corrected chi connectivity index (χ2v) is 6.84. The van der Waals surface area contributed by atoms with E-state index in [0.29, 0.717) is 5.69 Å². The van der Waals surface area contributed by atoms with Gasteiger partial charge >= 0.3 is 0 Å². The highest BCUT2D eigenvalue weighted by atomic mass is 16.2. The average Bonchev–Trinajstić information content (AvgIpc) is 3.41. The van der Waals surface area contributed by atoms with Gasteiger partial charge in [-0.25, -0.2) is 4.98 Å². The van der Waals surface area contributed by atoms with Gasteiger partial charge < -0.3 is 10.2 Å². The monoisotopic (exact) mass is 331 g/mol. The Labute approximate surface area is 147 Å². The van der Waals surface area contributed by atoms with E-state index in [2.05, 4.69) is 40.6 Å². The summed E-state index contributed by atoms with van der Waals surface area (Å²) in [7, 11) is 3.84. The Hall–Kier alpha value is -2.88. The average molecular weight is 331 g/mol. The van der Waals surface area contributed by atoms with Crippen molar-refractivity contribution in [3.63, 3.8) is 0 Å². The third-order valence-corrected chi connectivity index (χ3v) is 4.83. The predicted octanol–water partition coefficient (Wildman–Crippen LogP) is 3.72. The summed E-state index contributed by atoms with van der Waals surface area (Å²) in [6.07, 6.45) is 1.92. The van der Waals surface area contributed by atoms with Crippen molar-refractivity contribution in [3.05, 3.63) is 71.9 Å². The lowest BCUT2D eigenvalue weighted by atomic mass is 9.97. The Bertz CT molecular complexity index is 939. The molecule has 1 heterocycles. The molecule has 4 rings (SSSR count). The Balaban J connectivity index is 1.66. The molecule has 4 heteroatoms. The summed E-state index contributed by atoms with van der Waals surface area (Å²) in [5, 5.41) is 5.65. The van der Waals surface area contributed by atoms with E-state index < -0.39 is 0 Å². The Morgan fingerprint density at radius 2 is 1.72 bits per heavy atom. The van der Waals surface area contributed by atoms with Crippen LogP contribution in [0.2, 0.25) is 0 Å². The van der Waals surface area contributed by atoms with E-state index in [1.165, 1.54) is 16.3 Å². The van der Waals surface area contributed by atoms with Gasteiger partial charge in [0.1, 0.15) is 11.5 Å². The van der Waals surface area contributed by atoms with Crippen LogP contribution in [-0.2, 0) is 5.54 Å². The normalized spacial score (nSPS) is 15.0. The van der Waals surface area contributed by atoms with Gasteiger partial charge in [0.2, 0.25) is 0 Å². The van der Waals surface area contributed by atoms with Crippen LogP contribution in [0.1, 0.15) is 28.9 Å². The number of fused-ring (bicyclic) bond motifs is 1. The van der Waals surface area contributed by atoms with Gasteiger partial charge in [-0.05, 0) is 41.3 Å². The SMILES string of the molecule is CN(C)c1cccc(C(=O)NC2(c3cccc4ccccc34)CC2)n1. The van der Waals surface area contributed by atoms with Crippen molar-refractivity contribution in [2.24, 2.45) is 0 Å². The third-order valence-electron chi connectivity index (χ3n) is 4.83. The van der Waals surface area contributed by atoms with Crippen LogP contribution in [0.5, 0.6) is 0 Å². The van der Waals surface area contributed by atoms with Crippen LogP contribution in [-0.4, -0.2) is 25.0 Å². The largest absolute Gasteiger partial charge is 0.363 e. The number of carbonyl (C=O) groups excluding carboxylic acids is 1. The summed E-state index contributed by atoms with van der Waals surface area (Å²) >= 11 is 0. The molecule has 0 saturated heterocycles. The van der Waals surface area contributed by atoms with E-state index in [1.807, 2.05) is 43.3 Å². The summed E-state index contributed by atoms with van der Waals surface area (Å²) in [5.41, 5.74) is 1.38. The molecule has 1 saturated carbocycles. The molecule has 0 unspecified atom stereocenters. The van der Waals surface area contributed by atoms with Crippen molar-refractivity contribution >= 4 is 22.5 Å². The lowest BCUT2D eigenvalue weighted by Crippen LogP contribution is -2.35. The number of carbonyl (C=O) groups is 1. The third kappa shape index (κ3) is 2.84. The van der Waals surface area contributed by atoms with Gasteiger partial charge in [-0.2, -0.15) is 0 Å². The fourth-order valence-corrected chi connectivity index (χ4v) is 3.31. The van der Waals surface area contributed by atoms with Gasteiger partial charge in [0.15, 0.2) is 0 Å². The van der Waals surface area contributed by atoms with Crippen LogP contribution in [0, 0.1) is 0 Å². The summed E-state index contributed by atoms with van der Waals surface area (Å²) in [6, 6.07) is 20.2. The molecule has 0 spiro atoms. The van der Waals surface area contributed by atoms with Crippen molar-refractivity contribution < 1.29 is 4.79 Å². The van der Waals surface area contributed by atoms with E-state index in [-0.39, 0.29) is 11.4 Å². The van der Waals surface area contributed by atoms with E-state index in [4.69, 9.17) is 0 Å². The molecular formula is C21H21N3O. The molecule has 0 bridgehead atoms. The van der Waals surface area contributed by atoms with Gasteiger partial charge in [0.05, 0.1) is 5.54 Å². The summed E-state index contributed by atoms with van der Waals surface area (Å²) in [6.45, 7) is 0. The Kier molecular flexibility index (Phi) is 3.68. The topological polar surface area (TPSA) is 45.2 Å². The molecule has 1 amide bonds. The van der Waals surface area contributed by atoms with E-state index >= 15 is 0 Å². The molecule has 2 aromatic carbocycles. The second kappa shape index (κ2) is 5.88. The molecule has 4 nitrogen and oxygen atoms in total. The number of benzene rings is 2. The van der Waals surface area contributed by atoms with Crippen molar-refractivity contribution in [3.8, 4) is 0 Å². The number of anilines is 1. The summed E-state index contributed by atoms with van der Waals surface area (Å²) in [5.74, 6) is 0.664. The lowest BCUT2D eigenvalue weighted by Gasteiger charge is -2.20. The van der Waals surface area contributed by atoms with Crippen LogP contribution >= 0.6 is 0 Å². The maximum atomic E-state index is 12.8. The molecule has 1 aliphatic rings. The molecule has 126 valence electrons. The highest BCUT2D eigenvalue weighted by Gasteiger charge is 2.46. The zero-order chi connectivity index (χ0) is 17.4. The second-order valence-electron chi connectivity index (χ2n) is 6.84. The first-order valence-corrected chi connectivity index (χ1v) is 8.54. The van der Waals surface area contributed by atoms with Crippen molar-refractivity contribution in [1.82, 2.24) is 10.3 Å². The molecule has 0 atom stereocenters. The fourth-order valence-electron chi connectivity index (χ4n) is 3.31. The van der Waals surface area contributed by atoms with Crippen LogP contribution in [0.15, 0.2) is 60.7 Å². The molecule has 25 heavy (non-hydrogen) atoms. The van der Waals surface area contributed by atoms with Crippen molar-refractivity contribution in [2.45, 2.75) is 18.4 Å². The molecule has 1 fully saturated rings. The van der Waals surface area contributed by atoms with Gasteiger partial charge in [-0.1, -0.05) is 48.5 Å². The van der Waals surface area contributed by atoms with Gasteiger partial charge in [0.25, 0.3) is 5.91 Å². The Morgan fingerprint density at radius 3 is 2.48 bits per heavy atom. The lowest BCUT2D eigenvalue weighted by molar-refractivity contribution is 0.0926. The molecule has 0 aliphatic heterocycles. The molecule has 0 radical (unpaired) electrons. The first-order valence-electron chi connectivity index (χ1n) is 8.54. The number of hydrogen-bond donors (Lipinski definition) is 1. The van der Waals surface area contributed by atoms with Crippen LogP contribution in [0.3, 0.4) is 0 Å². The minimum atomic E-state index is -0.270. The molecule has 1 N–H and O–H groups in total. The first-order chi connectivity index (χ1) is 12.1. The fraction of sp³-hybridized carbons (Fsp3) is 0.238. The maximum absolute atomic E-state index is 12.8. The first kappa shape index (κ1) is 15.6. The zero-order valence-corrected chi connectivity index (χ0v) is 14.5. The predicted molar refractivity (Wildman–Crippen MR) is 101 cm³/mol. The number of nitrogens with zero attached hydrogens (tertiary/aromatic N) is 2. The van der Waals surface area contributed by atoms with E-state index in [1.54, 1.807) is 6.07 Å². The van der Waals surface area contributed by atoms with E-state index in [9.17, 15) is 4.79 Å². The van der Waals surface area contributed by atoms with Crippen molar-refractivity contribution in [2.75, 3.05) is 19.0 Å². The molecule has 1 aromatic heterocycles. The highest BCUT2D eigenvalue weighted by molar-refractivity contribution is 5.95. The van der Waals surface area contributed by atoms with Crippen molar-refractivity contribution in [1.29, 1.82) is 0 Å². The van der Waals surface area contributed by atoms with Gasteiger partial charge in [-0.15, -0.1) is 0 Å². The highest BCUT2D eigenvalue weighted by Crippen LogP contribution is 2.48. The number of rotatable bonds is 4. The van der Waals surface area contributed by atoms with Gasteiger partial charge in [0, 0.05) is 14.1 Å². The molecule has 3 aromatic rings. The molecular weight excluding hydrogens is 310 g/mol. The standard InChI is InChI=1S/C21H21N3O/c1-24(2)19-12-6-11-18(22-19)20(25)23-21(13-14-21)17-10-5-8-15-7-3-4-9-16(15)17/h3-12H,13-14H2,1-2H3,(H,23,25). The number of pyridine rings is 1. The summed E-state index contributed by atoms with van der Waals surface area (Å²) < 4.78 is 0. The van der Waals surface area contributed by atoms with E-state index in [0.717, 1.165) is 18.7 Å².